The maximum Gasteiger partial charge on any atom is 0.228 e. The maximum atomic E-state index is 12.5. The molecule has 0 aliphatic heterocycles. The predicted molar refractivity (Wildman–Crippen MR) is 99.4 cm³/mol. The Labute approximate surface area is 156 Å². The highest BCUT2D eigenvalue weighted by Crippen LogP contribution is 2.30. The van der Waals surface area contributed by atoms with Gasteiger partial charge in [-0.3, -0.25) is 9.59 Å². The third kappa shape index (κ3) is 4.97. The van der Waals surface area contributed by atoms with Gasteiger partial charge < -0.3 is 14.6 Å². The first kappa shape index (κ1) is 20.7. The van der Waals surface area contributed by atoms with Gasteiger partial charge in [0.25, 0.3) is 0 Å². The van der Waals surface area contributed by atoms with E-state index in [-0.39, 0.29) is 29.2 Å². The topological polar surface area (TPSA) is 72.8 Å². The summed E-state index contributed by atoms with van der Waals surface area (Å²) in [6, 6.07) is 0. The normalized spacial score (nSPS) is 24.3. The molecule has 0 unspecified atom stereocenters. The lowest BCUT2D eigenvalue weighted by Gasteiger charge is -2.25. The first-order valence-corrected chi connectivity index (χ1v) is 9.79. The van der Waals surface area contributed by atoms with Crippen LogP contribution in [0, 0.1) is 5.92 Å². The second-order valence-electron chi connectivity index (χ2n) is 7.46. The number of methoxy groups -OCH3 is 2. The summed E-state index contributed by atoms with van der Waals surface area (Å²) in [6.07, 6.45) is 10.3. The van der Waals surface area contributed by atoms with E-state index in [9.17, 15) is 14.7 Å². The van der Waals surface area contributed by atoms with Crippen LogP contribution in [0.3, 0.4) is 0 Å². The van der Waals surface area contributed by atoms with Crippen LogP contribution in [-0.4, -0.2) is 37.0 Å². The Morgan fingerprint density at radius 2 is 1.46 bits per heavy atom. The zero-order valence-electron chi connectivity index (χ0n) is 16.3. The van der Waals surface area contributed by atoms with Crippen molar-refractivity contribution in [1.29, 1.82) is 0 Å². The molecule has 2 aliphatic carbocycles. The number of allylic oxidation sites excluding steroid dienone is 2. The number of unbranched alkanes of at least 4 members (excludes halogenated alkanes) is 3. The van der Waals surface area contributed by atoms with E-state index in [1.807, 2.05) is 0 Å². The fraction of sp³-hybridized carbons (Fsp3) is 0.714. The van der Waals surface area contributed by atoms with E-state index in [1.165, 1.54) is 27.1 Å². The van der Waals surface area contributed by atoms with Crippen LogP contribution in [0.1, 0.15) is 71.1 Å². The van der Waals surface area contributed by atoms with E-state index in [0.29, 0.717) is 17.6 Å². The molecule has 0 heterocycles. The van der Waals surface area contributed by atoms with Gasteiger partial charge >= 0.3 is 0 Å². The van der Waals surface area contributed by atoms with Crippen LogP contribution in [0.5, 0.6) is 0 Å². The zero-order valence-corrected chi connectivity index (χ0v) is 16.3. The van der Waals surface area contributed by atoms with E-state index in [0.717, 1.165) is 50.9 Å². The van der Waals surface area contributed by atoms with Gasteiger partial charge in [-0.1, -0.05) is 25.7 Å². The summed E-state index contributed by atoms with van der Waals surface area (Å²) in [6.45, 7) is 1.69. The molecule has 0 spiro atoms. The molecule has 0 radical (unpaired) electrons. The van der Waals surface area contributed by atoms with Crippen molar-refractivity contribution < 1.29 is 24.2 Å². The number of aliphatic hydroxyl groups excluding tert-OH is 1. The minimum Gasteiger partial charge on any atom is -0.489 e. The van der Waals surface area contributed by atoms with E-state index >= 15 is 0 Å². The molecule has 0 aromatic rings. The van der Waals surface area contributed by atoms with Crippen molar-refractivity contribution in [2.24, 2.45) is 5.92 Å². The summed E-state index contributed by atoms with van der Waals surface area (Å²) in [5.74, 6) is 0.331. The van der Waals surface area contributed by atoms with Crippen molar-refractivity contribution in [3.05, 3.63) is 22.7 Å². The number of hydrogen-bond donors (Lipinski definition) is 1. The molecule has 5 nitrogen and oxygen atoms in total. The lowest BCUT2D eigenvalue weighted by Crippen LogP contribution is -2.25. The Morgan fingerprint density at radius 1 is 0.885 bits per heavy atom. The first-order chi connectivity index (χ1) is 12.5. The van der Waals surface area contributed by atoms with Gasteiger partial charge in [-0.25, -0.2) is 0 Å². The number of Topliss-reactive ketones (excluding diaryl/α,β-unsaturated/α-hetero) is 2. The number of aliphatic hydroxyl groups is 1. The summed E-state index contributed by atoms with van der Waals surface area (Å²) in [4.78, 5) is 24.9. The van der Waals surface area contributed by atoms with E-state index in [1.54, 1.807) is 6.92 Å². The first-order valence-electron chi connectivity index (χ1n) is 9.79. The summed E-state index contributed by atoms with van der Waals surface area (Å²) >= 11 is 0. The van der Waals surface area contributed by atoms with E-state index in [4.69, 9.17) is 9.47 Å². The van der Waals surface area contributed by atoms with Gasteiger partial charge in [0.05, 0.1) is 20.3 Å². The third-order valence-corrected chi connectivity index (χ3v) is 5.70. The minimum absolute atomic E-state index is 0.0105. The quantitative estimate of drug-likeness (QED) is 0.497. The largest absolute Gasteiger partial charge is 0.489 e. The second-order valence-corrected chi connectivity index (χ2v) is 7.46. The van der Waals surface area contributed by atoms with Crippen molar-refractivity contribution in [2.75, 3.05) is 14.2 Å². The van der Waals surface area contributed by atoms with E-state index < -0.39 is 0 Å². The fourth-order valence-corrected chi connectivity index (χ4v) is 4.01. The van der Waals surface area contributed by atoms with Gasteiger partial charge in [-0.15, -0.1) is 0 Å². The summed E-state index contributed by atoms with van der Waals surface area (Å²) in [5, 5.41) is 9.55. The van der Waals surface area contributed by atoms with Gasteiger partial charge in [0, 0.05) is 11.1 Å². The molecular weight excluding hydrogens is 332 g/mol. The monoisotopic (exact) mass is 364 g/mol. The van der Waals surface area contributed by atoms with Crippen molar-refractivity contribution in [2.45, 2.75) is 77.2 Å². The van der Waals surface area contributed by atoms with Crippen LogP contribution in [0.2, 0.25) is 0 Å². The standard InChI is InChI=1S/C21H32O5/c1-14-17(19(24)21(26-3)20(25-2)18(14)23)9-7-5-4-6-8-15-10-12-16(22)13-11-15/h15-16,22H,4-13H2,1-3H3/t15-,16-. The van der Waals surface area contributed by atoms with Crippen molar-refractivity contribution >= 4 is 11.6 Å². The van der Waals surface area contributed by atoms with Crippen molar-refractivity contribution in [1.82, 2.24) is 0 Å². The summed E-state index contributed by atoms with van der Waals surface area (Å²) < 4.78 is 10.2. The molecule has 1 saturated carbocycles. The van der Waals surface area contributed by atoms with Gasteiger partial charge in [-0.2, -0.15) is 0 Å². The third-order valence-electron chi connectivity index (χ3n) is 5.70. The Hall–Kier alpha value is -1.62. The molecule has 0 aromatic heterocycles. The molecule has 5 heteroatoms. The van der Waals surface area contributed by atoms with E-state index in [2.05, 4.69) is 0 Å². The lowest BCUT2D eigenvalue weighted by molar-refractivity contribution is -0.121. The van der Waals surface area contributed by atoms with Crippen LogP contribution in [0.4, 0.5) is 0 Å². The number of carbonyl (C=O) groups excluding carboxylic acids is 2. The Bertz CT molecular complexity index is 579. The molecule has 0 amide bonds. The number of hydrogen-bond acceptors (Lipinski definition) is 5. The molecule has 0 saturated heterocycles. The number of ether oxygens (including phenoxy) is 2. The highest BCUT2D eigenvalue weighted by molar-refractivity contribution is 6.23. The van der Waals surface area contributed by atoms with Crippen LogP contribution < -0.4 is 0 Å². The smallest absolute Gasteiger partial charge is 0.228 e. The molecule has 0 atom stereocenters. The second kappa shape index (κ2) is 9.91. The zero-order chi connectivity index (χ0) is 19.1. The summed E-state index contributed by atoms with van der Waals surface area (Å²) in [7, 11) is 2.77. The molecule has 2 rings (SSSR count). The highest BCUT2D eigenvalue weighted by Gasteiger charge is 2.34. The van der Waals surface area contributed by atoms with Gasteiger partial charge in [-0.05, 0) is 51.4 Å². The van der Waals surface area contributed by atoms with Crippen molar-refractivity contribution in [3.63, 3.8) is 0 Å². The molecule has 0 bridgehead atoms. The fourth-order valence-electron chi connectivity index (χ4n) is 4.01. The van der Waals surface area contributed by atoms with Crippen LogP contribution in [-0.2, 0) is 19.1 Å². The van der Waals surface area contributed by atoms with Gasteiger partial charge in [0.2, 0.25) is 23.1 Å². The SMILES string of the molecule is COC1=C(OC)C(=O)C(CCCCCC[C@H]2CC[C@H](O)CC2)=C(C)C1=O. The van der Waals surface area contributed by atoms with Gasteiger partial charge in [0.15, 0.2) is 0 Å². The van der Waals surface area contributed by atoms with Gasteiger partial charge in [0.1, 0.15) is 0 Å². The Morgan fingerprint density at radius 3 is 2.08 bits per heavy atom. The molecule has 0 aromatic carbocycles. The molecular formula is C21H32O5. The predicted octanol–water partition coefficient (Wildman–Crippen LogP) is 3.85. The average molecular weight is 364 g/mol. The lowest BCUT2D eigenvalue weighted by atomic mass is 9.84. The minimum atomic E-state index is -0.251. The van der Waals surface area contributed by atoms with Crippen LogP contribution in [0.25, 0.3) is 0 Å². The molecule has 146 valence electrons. The average Bonchev–Trinajstić information content (AvgIpc) is 2.64. The Balaban J connectivity index is 1.74. The maximum absolute atomic E-state index is 12.5. The number of ketones is 2. The molecule has 1 fully saturated rings. The number of carbonyl (C=O) groups is 2. The van der Waals surface area contributed by atoms with Crippen LogP contribution >= 0.6 is 0 Å². The summed E-state index contributed by atoms with van der Waals surface area (Å²) in [5.41, 5.74) is 1.04. The van der Waals surface area contributed by atoms with Crippen LogP contribution in [0.15, 0.2) is 22.7 Å². The molecule has 1 N–H and O–H groups in total. The van der Waals surface area contributed by atoms with Crippen molar-refractivity contribution in [3.8, 4) is 0 Å². The molecule has 2 aliphatic rings. The molecule has 26 heavy (non-hydrogen) atoms. The Kier molecular flexibility index (Phi) is 7.88. The number of rotatable bonds is 9. The highest BCUT2D eigenvalue weighted by atomic mass is 16.5.